The normalized spacial score (nSPS) is 11.2. The number of aryl methyl sites for hydroxylation is 2. The molecule has 0 unspecified atom stereocenters. The molecule has 0 bridgehead atoms. The summed E-state index contributed by atoms with van der Waals surface area (Å²) in [6, 6.07) is 12.8. The smallest absolute Gasteiger partial charge is 0.335 e. The van der Waals surface area contributed by atoms with Gasteiger partial charge in [0, 0.05) is 29.4 Å². The van der Waals surface area contributed by atoms with E-state index < -0.39 is 5.97 Å². The van der Waals surface area contributed by atoms with Crippen molar-refractivity contribution in [2.24, 2.45) is 4.99 Å². The van der Waals surface area contributed by atoms with Gasteiger partial charge in [-0.3, -0.25) is 4.99 Å². The van der Waals surface area contributed by atoms with E-state index in [4.69, 9.17) is 5.11 Å². The quantitative estimate of drug-likeness (QED) is 0.726. The Balaban J connectivity index is 1.98. The van der Waals surface area contributed by atoms with Crippen LogP contribution < -0.4 is 0 Å². The van der Waals surface area contributed by atoms with Crippen LogP contribution in [0.2, 0.25) is 0 Å². The fraction of sp³-hybridized carbons (Fsp3) is 0.150. The molecule has 1 aromatic carbocycles. The SMILES string of the molecule is Cc1ccc(C(=O)O)cc1N=Cc1cc(C)n(-c2ccccn2)c1C. The first-order chi connectivity index (χ1) is 12.0. The number of pyridine rings is 1. The van der Waals surface area contributed by atoms with Gasteiger partial charge in [0.15, 0.2) is 0 Å². The van der Waals surface area contributed by atoms with Crippen LogP contribution in [0, 0.1) is 20.8 Å². The molecule has 126 valence electrons. The minimum absolute atomic E-state index is 0.233. The number of benzene rings is 1. The number of carbonyl (C=O) groups is 1. The maximum Gasteiger partial charge on any atom is 0.335 e. The minimum Gasteiger partial charge on any atom is -0.478 e. The first-order valence-electron chi connectivity index (χ1n) is 7.95. The van der Waals surface area contributed by atoms with Gasteiger partial charge in [0.1, 0.15) is 5.82 Å². The van der Waals surface area contributed by atoms with Gasteiger partial charge >= 0.3 is 5.97 Å². The molecule has 1 N–H and O–H groups in total. The number of aromatic nitrogens is 2. The molecular weight excluding hydrogens is 314 g/mol. The van der Waals surface area contributed by atoms with Crippen LogP contribution in [0.15, 0.2) is 53.7 Å². The lowest BCUT2D eigenvalue weighted by molar-refractivity contribution is 0.0697. The second-order valence-corrected chi connectivity index (χ2v) is 5.91. The van der Waals surface area contributed by atoms with Crippen molar-refractivity contribution in [3.63, 3.8) is 0 Å². The second kappa shape index (κ2) is 6.73. The van der Waals surface area contributed by atoms with E-state index in [0.717, 1.165) is 28.3 Å². The summed E-state index contributed by atoms with van der Waals surface area (Å²) in [7, 11) is 0. The Labute approximate surface area is 146 Å². The van der Waals surface area contributed by atoms with E-state index in [0.29, 0.717) is 5.69 Å². The molecule has 0 atom stereocenters. The highest BCUT2D eigenvalue weighted by Gasteiger charge is 2.10. The monoisotopic (exact) mass is 333 g/mol. The first kappa shape index (κ1) is 16.6. The molecule has 0 amide bonds. The first-order valence-corrected chi connectivity index (χ1v) is 7.95. The van der Waals surface area contributed by atoms with Gasteiger partial charge in [0.2, 0.25) is 0 Å². The Bertz CT molecular complexity index is 957. The molecule has 0 fully saturated rings. The third-order valence-corrected chi connectivity index (χ3v) is 4.15. The Hall–Kier alpha value is -3.21. The van der Waals surface area contributed by atoms with Gasteiger partial charge in [-0.2, -0.15) is 0 Å². The van der Waals surface area contributed by atoms with Gasteiger partial charge in [-0.1, -0.05) is 12.1 Å². The average Bonchev–Trinajstić information content (AvgIpc) is 2.88. The highest BCUT2D eigenvalue weighted by Crippen LogP contribution is 2.22. The summed E-state index contributed by atoms with van der Waals surface area (Å²) in [5, 5.41) is 9.13. The lowest BCUT2D eigenvalue weighted by Gasteiger charge is -2.07. The molecule has 2 heterocycles. The average molecular weight is 333 g/mol. The van der Waals surface area contributed by atoms with Gasteiger partial charge < -0.3 is 9.67 Å². The van der Waals surface area contributed by atoms with E-state index in [1.807, 2.05) is 45.0 Å². The molecule has 0 spiro atoms. The number of hydrogen-bond acceptors (Lipinski definition) is 3. The van der Waals surface area contributed by atoms with Crippen molar-refractivity contribution < 1.29 is 9.90 Å². The molecular formula is C20H19N3O2. The van der Waals surface area contributed by atoms with E-state index in [1.165, 1.54) is 0 Å². The number of aliphatic imine (C=N–C) groups is 1. The lowest BCUT2D eigenvalue weighted by atomic mass is 10.1. The maximum atomic E-state index is 11.1. The van der Waals surface area contributed by atoms with Crippen molar-refractivity contribution in [3.8, 4) is 5.82 Å². The summed E-state index contributed by atoms with van der Waals surface area (Å²) in [6.45, 7) is 5.95. The molecule has 25 heavy (non-hydrogen) atoms. The number of rotatable bonds is 4. The molecule has 5 heteroatoms. The molecule has 0 saturated carbocycles. The number of aromatic carboxylic acids is 1. The third kappa shape index (κ3) is 3.35. The van der Waals surface area contributed by atoms with Crippen LogP contribution in [0.25, 0.3) is 5.82 Å². The number of nitrogens with zero attached hydrogens (tertiary/aromatic N) is 3. The Kier molecular flexibility index (Phi) is 4.48. The summed E-state index contributed by atoms with van der Waals surface area (Å²) < 4.78 is 2.07. The van der Waals surface area contributed by atoms with Gasteiger partial charge in [-0.15, -0.1) is 0 Å². The molecule has 3 rings (SSSR count). The maximum absolute atomic E-state index is 11.1. The van der Waals surface area contributed by atoms with Gasteiger partial charge in [-0.25, -0.2) is 9.78 Å². The van der Waals surface area contributed by atoms with Crippen molar-refractivity contribution in [2.45, 2.75) is 20.8 Å². The third-order valence-electron chi connectivity index (χ3n) is 4.15. The molecule has 0 radical (unpaired) electrons. The largest absolute Gasteiger partial charge is 0.478 e. The van der Waals surface area contributed by atoms with Crippen LogP contribution in [-0.2, 0) is 0 Å². The fourth-order valence-corrected chi connectivity index (χ4v) is 2.78. The molecule has 2 aromatic heterocycles. The summed E-state index contributed by atoms with van der Waals surface area (Å²) in [6.07, 6.45) is 3.54. The standard InChI is InChI=1S/C20H19N3O2/c1-13-7-8-16(20(24)25)11-18(13)22-12-17-10-14(2)23(15(17)3)19-6-4-5-9-21-19/h4-12H,1-3H3,(H,24,25). The van der Waals surface area contributed by atoms with Crippen molar-refractivity contribution >= 4 is 17.9 Å². The van der Waals surface area contributed by atoms with Crippen LogP contribution in [0.4, 0.5) is 5.69 Å². The zero-order chi connectivity index (χ0) is 18.0. The van der Waals surface area contributed by atoms with Gasteiger partial charge in [-0.05, 0) is 56.7 Å². The highest BCUT2D eigenvalue weighted by atomic mass is 16.4. The summed E-state index contributed by atoms with van der Waals surface area (Å²) in [5.41, 5.74) is 4.89. The lowest BCUT2D eigenvalue weighted by Crippen LogP contribution is -2.01. The number of carboxylic acids is 1. The predicted octanol–water partition coefficient (Wildman–Crippen LogP) is 4.25. The van der Waals surface area contributed by atoms with Crippen LogP contribution >= 0.6 is 0 Å². The number of hydrogen-bond donors (Lipinski definition) is 1. The predicted molar refractivity (Wildman–Crippen MR) is 98.4 cm³/mol. The Morgan fingerprint density at radius 3 is 2.64 bits per heavy atom. The molecule has 3 aromatic rings. The van der Waals surface area contributed by atoms with E-state index >= 15 is 0 Å². The van der Waals surface area contributed by atoms with Crippen molar-refractivity contribution in [1.29, 1.82) is 0 Å². The van der Waals surface area contributed by atoms with E-state index in [-0.39, 0.29) is 5.56 Å². The number of carboxylic acid groups (broad SMARTS) is 1. The summed E-state index contributed by atoms with van der Waals surface area (Å²) in [5.74, 6) is -0.0917. The van der Waals surface area contributed by atoms with E-state index in [1.54, 1.807) is 30.6 Å². The van der Waals surface area contributed by atoms with Crippen molar-refractivity contribution in [1.82, 2.24) is 9.55 Å². The van der Waals surface area contributed by atoms with Crippen LogP contribution in [0.3, 0.4) is 0 Å². The molecule has 0 aliphatic heterocycles. The topological polar surface area (TPSA) is 67.5 Å². The Morgan fingerprint density at radius 1 is 1.16 bits per heavy atom. The summed E-state index contributed by atoms with van der Waals surface area (Å²) in [4.78, 5) is 20.0. The second-order valence-electron chi connectivity index (χ2n) is 5.91. The Morgan fingerprint density at radius 2 is 1.96 bits per heavy atom. The van der Waals surface area contributed by atoms with Crippen molar-refractivity contribution in [3.05, 3.63) is 76.7 Å². The van der Waals surface area contributed by atoms with Gasteiger partial charge in [0.05, 0.1) is 11.3 Å². The van der Waals surface area contributed by atoms with Crippen LogP contribution in [0.5, 0.6) is 0 Å². The zero-order valence-electron chi connectivity index (χ0n) is 14.4. The molecule has 0 aliphatic carbocycles. The highest BCUT2D eigenvalue weighted by molar-refractivity contribution is 5.90. The summed E-state index contributed by atoms with van der Waals surface area (Å²) >= 11 is 0. The fourth-order valence-electron chi connectivity index (χ4n) is 2.78. The molecule has 5 nitrogen and oxygen atoms in total. The van der Waals surface area contributed by atoms with Crippen LogP contribution in [-0.4, -0.2) is 26.8 Å². The van der Waals surface area contributed by atoms with Gasteiger partial charge in [0.25, 0.3) is 0 Å². The van der Waals surface area contributed by atoms with Crippen LogP contribution in [0.1, 0.15) is 32.9 Å². The van der Waals surface area contributed by atoms with E-state index in [9.17, 15) is 4.79 Å². The molecule has 0 aliphatic rings. The van der Waals surface area contributed by atoms with Crippen molar-refractivity contribution in [2.75, 3.05) is 0 Å². The van der Waals surface area contributed by atoms with E-state index in [2.05, 4.69) is 14.5 Å². The zero-order valence-corrected chi connectivity index (χ0v) is 14.4. The minimum atomic E-state index is -0.954. The molecule has 0 saturated heterocycles.